The lowest BCUT2D eigenvalue weighted by molar-refractivity contribution is -0.143. The van der Waals surface area contributed by atoms with E-state index in [1.165, 1.54) is 154 Å². The molecule has 0 rings (SSSR count). The van der Waals surface area contributed by atoms with Crippen molar-refractivity contribution >= 4 is 11.9 Å². The average molecular weight is 830 g/mol. The molecule has 0 fully saturated rings. The maximum atomic E-state index is 12.4. The highest BCUT2D eigenvalue weighted by molar-refractivity contribution is 5.76. The van der Waals surface area contributed by atoms with Crippen LogP contribution in [0.5, 0.6) is 0 Å². The van der Waals surface area contributed by atoms with Crippen LogP contribution in [-0.4, -0.2) is 47.4 Å². The van der Waals surface area contributed by atoms with Gasteiger partial charge in [0.2, 0.25) is 5.91 Å². The molecular formula is C53H99NO5. The summed E-state index contributed by atoms with van der Waals surface area (Å²) in [5.74, 6) is -0.129. The van der Waals surface area contributed by atoms with E-state index < -0.39 is 12.1 Å². The van der Waals surface area contributed by atoms with Gasteiger partial charge in [-0.2, -0.15) is 0 Å². The van der Waals surface area contributed by atoms with E-state index in [-0.39, 0.29) is 18.5 Å². The second kappa shape index (κ2) is 48.7. The Labute approximate surface area is 366 Å². The molecule has 6 nitrogen and oxygen atoms in total. The van der Waals surface area contributed by atoms with Crippen molar-refractivity contribution in [1.29, 1.82) is 0 Å². The van der Waals surface area contributed by atoms with Crippen molar-refractivity contribution in [1.82, 2.24) is 5.32 Å². The van der Waals surface area contributed by atoms with Crippen LogP contribution in [-0.2, 0) is 14.3 Å². The predicted octanol–water partition coefficient (Wildman–Crippen LogP) is 15.3. The van der Waals surface area contributed by atoms with Crippen LogP contribution in [0.3, 0.4) is 0 Å². The van der Waals surface area contributed by atoms with Crippen molar-refractivity contribution in [3.8, 4) is 0 Å². The summed E-state index contributed by atoms with van der Waals surface area (Å²) in [6.07, 6.45) is 58.6. The smallest absolute Gasteiger partial charge is 0.305 e. The van der Waals surface area contributed by atoms with Crippen LogP contribution >= 0.6 is 0 Å². The summed E-state index contributed by atoms with van der Waals surface area (Å²) < 4.78 is 5.42. The zero-order valence-electron chi connectivity index (χ0n) is 39.2. The van der Waals surface area contributed by atoms with Crippen LogP contribution in [0.2, 0.25) is 0 Å². The molecule has 0 aromatic rings. The first kappa shape index (κ1) is 57.1. The first-order chi connectivity index (χ1) is 29.0. The van der Waals surface area contributed by atoms with Crippen molar-refractivity contribution in [3.63, 3.8) is 0 Å². The lowest BCUT2D eigenvalue weighted by Crippen LogP contribution is -2.45. The van der Waals surface area contributed by atoms with Gasteiger partial charge >= 0.3 is 5.97 Å². The molecule has 0 saturated heterocycles. The fourth-order valence-corrected chi connectivity index (χ4v) is 7.62. The first-order valence-corrected chi connectivity index (χ1v) is 25.8. The third-order valence-electron chi connectivity index (χ3n) is 11.6. The molecule has 2 atom stereocenters. The minimum Gasteiger partial charge on any atom is -0.466 e. The lowest BCUT2D eigenvalue weighted by atomic mass is 10.0. The van der Waals surface area contributed by atoms with E-state index in [1.807, 2.05) is 6.08 Å². The topological polar surface area (TPSA) is 95.9 Å². The molecule has 0 aromatic heterocycles. The Morgan fingerprint density at radius 1 is 0.458 bits per heavy atom. The van der Waals surface area contributed by atoms with Crippen molar-refractivity contribution in [2.45, 2.75) is 276 Å². The Balaban J connectivity index is 3.57. The molecular weight excluding hydrogens is 731 g/mol. The number of unbranched alkanes of at least 4 members (excludes halogenated alkanes) is 32. The van der Waals surface area contributed by atoms with E-state index in [2.05, 4.69) is 43.5 Å². The standard InChI is InChI=1S/C53H99NO5/c1-3-5-7-9-11-13-15-17-18-19-20-21-22-25-29-33-37-41-45-51(56)50(49-55)54-52(57)46-42-38-34-30-26-23-24-28-32-36-40-44-48-59-53(58)47-43-39-35-31-27-16-14-12-10-8-6-4-2/h12,14,24,28,41,45,50-51,55-56H,3-11,13,15-23,25-27,29-40,42-44,46-49H2,1-2H3,(H,54,57)/b14-12-,28-24-,45-41+. The summed E-state index contributed by atoms with van der Waals surface area (Å²) >= 11 is 0. The van der Waals surface area contributed by atoms with Crippen LogP contribution in [0.4, 0.5) is 0 Å². The number of ether oxygens (including phenoxy) is 1. The largest absolute Gasteiger partial charge is 0.466 e. The van der Waals surface area contributed by atoms with Gasteiger partial charge in [-0.05, 0) is 89.9 Å². The van der Waals surface area contributed by atoms with Gasteiger partial charge in [-0.3, -0.25) is 9.59 Å². The predicted molar refractivity (Wildman–Crippen MR) is 255 cm³/mol. The maximum Gasteiger partial charge on any atom is 0.305 e. The third-order valence-corrected chi connectivity index (χ3v) is 11.6. The Hall–Kier alpha value is -1.92. The quantitative estimate of drug-likeness (QED) is 0.0323. The van der Waals surface area contributed by atoms with Gasteiger partial charge < -0.3 is 20.3 Å². The van der Waals surface area contributed by atoms with E-state index in [0.717, 1.165) is 83.5 Å². The van der Waals surface area contributed by atoms with Gasteiger partial charge in [0.25, 0.3) is 0 Å². The zero-order valence-corrected chi connectivity index (χ0v) is 39.2. The number of allylic oxidation sites excluding steroid dienone is 5. The molecule has 1 amide bonds. The van der Waals surface area contributed by atoms with Gasteiger partial charge in [-0.1, -0.05) is 198 Å². The second-order valence-electron chi connectivity index (χ2n) is 17.5. The summed E-state index contributed by atoms with van der Waals surface area (Å²) in [6, 6.07) is -0.647. The van der Waals surface area contributed by atoms with Crippen LogP contribution in [0.1, 0.15) is 264 Å². The minimum absolute atomic E-state index is 0.0349. The van der Waals surface area contributed by atoms with E-state index in [1.54, 1.807) is 6.08 Å². The van der Waals surface area contributed by atoms with Gasteiger partial charge in [-0.25, -0.2) is 0 Å². The first-order valence-electron chi connectivity index (χ1n) is 25.8. The number of aliphatic hydroxyl groups is 2. The molecule has 0 radical (unpaired) electrons. The SMILES string of the molecule is CCCCC/C=C\CCCCCCCC(=O)OCCCCC/C=C\CCCCCCCC(=O)NC(CO)C(O)/C=C/CCCCCCCCCCCCCCCCCC. The molecule has 0 aliphatic rings. The van der Waals surface area contributed by atoms with E-state index in [4.69, 9.17) is 4.74 Å². The number of aliphatic hydroxyl groups excluding tert-OH is 2. The summed E-state index contributed by atoms with van der Waals surface area (Å²) in [6.45, 7) is 4.81. The van der Waals surface area contributed by atoms with Gasteiger partial charge in [0.1, 0.15) is 0 Å². The third kappa shape index (κ3) is 45.4. The number of hydrogen-bond donors (Lipinski definition) is 3. The number of hydrogen-bond acceptors (Lipinski definition) is 5. The Bertz CT molecular complexity index is 962. The summed E-state index contributed by atoms with van der Waals surface area (Å²) in [7, 11) is 0. The fraction of sp³-hybridized carbons (Fsp3) is 0.849. The van der Waals surface area contributed by atoms with Crippen molar-refractivity contribution in [3.05, 3.63) is 36.5 Å². The van der Waals surface area contributed by atoms with Gasteiger partial charge in [0.15, 0.2) is 0 Å². The van der Waals surface area contributed by atoms with Gasteiger partial charge in [0.05, 0.1) is 25.4 Å². The van der Waals surface area contributed by atoms with Crippen molar-refractivity contribution in [2.75, 3.05) is 13.2 Å². The summed E-state index contributed by atoms with van der Waals surface area (Å²) in [5, 5.41) is 23.1. The number of carbonyl (C=O) groups is 2. The van der Waals surface area contributed by atoms with Crippen LogP contribution in [0, 0.1) is 0 Å². The van der Waals surface area contributed by atoms with Gasteiger partial charge in [0, 0.05) is 12.8 Å². The summed E-state index contributed by atoms with van der Waals surface area (Å²) in [5.41, 5.74) is 0. The number of esters is 1. The van der Waals surface area contributed by atoms with Crippen LogP contribution < -0.4 is 5.32 Å². The molecule has 0 aromatic carbocycles. The molecule has 346 valence electrons. The Morgan fingerprint density at radius 3 is 1.24 bits per heavy atom. The maximum absolute atomic E-state index is 12.4. The number of carbonyl (C=O) groups excluding carboxylic acids is 2. The molecule has 0 aliphatic heterocycles. The Morgan fingerprint density at radius 2 is 0.797 bits per heavy atom. The molecule has 0 heterocycles. The highest BCUT2D eigenvalue weighted by Crippen LogP contribution is 2.15. The minimum atomic E-state index is -0.861. The van der Waals surface area contributed by atoms with E-state index >= 15 is 0 Å². The molecule has 0 bridgehead atoms. The van der Waals surface area contributed by atoms with Crippen LogP contribution in [0.25, 0.3) is 0 Å². The molecule has 3 N–H and O–H groups in total. The molecule has 6 heteroatoms. The number of rotatable bonds is 47. The fourth-order valence-electron chi connectivity index (χ4n) is 7.62. The number of amides is 1. The average Bonchev–Trinajstić information content (AvgIpc) is 3.24. The molecule has 0 saturated carbocycles. The highest BCUT2D eigenvalue weighted by Gasteiger charge is 2.18. The molecule has 2 unspecified atom stereocenters. The van der Waals surface area contributed by atoms with Gasteiger partial charge in [-0.15, -0.1) is 0 Å². The lowest BCUT2D eigenvalue weighted by Gasteiger charge is -2.20. The summed E-state index contributed by atoms with van der Waals surface area (Å²) in [4.78, 5) is 24.4. The molecule has 59 heavy (non-hydrogen) atoms. The highest BCUT2D eigenvalue weighted by atomic mass is 16.5. The van der Waals surface area contributed by atoms with Crippen molar-refractivity contribution < 1.29 is 24.5 Å². The molecule has 0 aliphatic carbocycles. The van der Waals surface area contributed by atoms with E-state index in [0.29, 0.717) is 19.4 Å². The van der Waals surface area contributed by atoms with Crippen molar-refractivity contribution in [2.24, 2.45) is 0 Å². The normalized spacial score (nSPS) is 12.9. The monoisotopic (exact) mass is 830 g/mol. The zero-order chi connectivity index (χ0) is 43.0. The number of nitrogens with one attached hydrogen (secondary N) is 1. The second-order valence-corrected chi connectivity index (χ2v) is 17.5. The van der Waals surface area contributed by atoms with Crippen LogP contribution in [0.15, 0.2) is 36.5 Å². The Kier molecular flexibility index (Phi) is 47.2. The van der Waals surface area contributed by atoms with E-state index in [9.17, 15) is 19.8 Å². The molecule has 0 spiro atoms.